The Morgan fingerprint density at radius 1 is 1.04 bits per heavy atom. The number of rotatable bonds is 4. The van der Waals surface area contributed by atoms with Gasteiger partial charge >= 0.3 is 0 Å². The zero-order chi connectivity index (χ0) is 19.7. The molecule has 0 saturated carbocycles. The van der Waals surface area contributed by atoms with Crippen LogP contribution in [0.5, 0.6) is 5.75 Å². The van der Waals surface area contributed by atoms with Crippen molar-refractivity contribution in [3.63, 3.8) is 0 Å². The second-order valence-corrected chi connectivity index (χ2v) is 7.97. The molecule has 0 radical (unpaired) electrons. The summed E-state index contributed by atoms with van der Waals surface area (Å²) in [7, 11) is 0. The van der Waals surface area contributed by atoms with Crippen molar-refractivity contribution in [1.82, 2.24) is 9.88 Å². The van der Waals surface area contributed by atoms with E-state index < -0.39 is 0 Å². The summed E-state index contributed by atoms with van der Waals surface area (Å²) in [4.78, 5) is 18.1. The molecule has 0 bridgehead atoms. The summed E-state index contributed by atoms with van der Waals surface area (Å²) in [5.74, 6) is 1.30. The smallest absolute Gasteiger partial charge is 0.260 e. The van der Waals surface area contributed by atoms with Gasteiger partial charge < -0.3 is 14.6 Å². The van der Waals surface area contributed by atoms with E-state index in [1.54, 1.807) is 0 Å². The SMILES string of the molecule is Cc1ccc(OCC(=O)N2CCC(c3[nH]c4ccc(C)cc4c3C)CC2)cc1. The van der Waals surface area contributed by atoms with E-state index in [4.69, 9.17) is 4.74 Å². The van der Waals surface area contributed by atoms with Gasteiger partial charge in [-0.25, -0.2) is 0 Å². The van der Waals surface area contributed by atoms with Crippen molar-refractivity contribution in [2.24, 2.45) is 0 Å². The van der Waals surface area contributed by atoms with Crippen molar-refractivity contribution in [1.29, 1.82) is 0 Å². The van der Waals surface area contributed by atoms with Crippen LogP contribution in [0.25, 0.3) is 10.9 Å². The highest BCUT2D eigenvalue weighted by molar-refractivity contribution is 5.85. The molecule has 0 spiro atoms. The maximum absolute atomic E-state index is 12.5. The zero-order valence-electron chi connectivity index (χ0n) is 16.9. The monoisotopic (exact) mass is 376 g/mol. The molecular formula is C24H28N2O2. The summed E-state index contributed by atoms with van der Waals surface area (Å²) in [6, 6.07) is 14.4. The number of nitrogens with one attached hydrogen (secondary N) is 1. The molecular weight excluding hydrogens is 348 g/mol. The van der Waals surface area contributed by atoms with Crippen molar-refractivity contribution in [3.8, 4) is 5.75 Å². The van der Waals surface area contributed by atoms with E-state index in [9.17, 15) is 4.79 Å². The Kier molecular flexibility index (Phi) is 5.12. The molecule has 3 aromatic rings. The first-order chi connectivity index (χ1) is 13.5. The summed E-state index contributed by atoms with van der Waals surface area (Å²) in [5, 5.41) is 1.32. The van der Waals surface area contributed by atoms with E-state index >= 15 is 0 Å². The Labute approximate surface area is 166 Å². The first-order valence-electron chi connectivity index (χ1n) is 10.1. The minimum Gasteiger partial charge on any atom is -0.484 e. The molecule has 4 nitrogen and oxygen atoms in total. The molecule has 4 heteroatoms. The van der Waals surface area contributed by atoms with Crippen LogP contribution < -0.4 is 4.74 Å². The summed E-state index contributed by atoms with van der Waals surface area (Å²) in [6.07, 6.45) is 1.98. The number of amides is 1. The highest BCUT2D eigenvalue weighted by atomic mass is 16.5. The van der Waals surface area contributed by atoms with E-state index in [1.165, 1.54) is 33.3 Å². The Morgan fingerprint density at radius 2 is 1.71 bits per heavy atom. The number of carbonyl (C=O) groups excluding carboxylic acids is 1. The number of piperidine rings is 1. The van der Waals surface area contributed by atoms with Crippen LogP contribution in [0.15, 0.2) is 42.5 Å². The second kappa shape index (κ2) is 7.70. The highest BCUT2D eigenvalue weighted by Crippen LogP contribution is 2.33. The third-order valence-electron chi connectivity index (χ3n) is 5.89. The van der Waals surface area contributed by atoms with E-state index in [0.717, 1.165) is 31.7 Å². The minimum absolute atomic E-state index is 0.0722. The summed E-state index contributed by atoms with van der Waals surface area (Å²) >= 11 is 0. The number of aromatic nitrogens is 1. The van der Waals surface area contributed by atoms with Gasteiger partial charge in [0.2, 0.25) is 0 Å². The maximum Gasteiger partial charge on any atom is 0.260 e. The zero-order valence-corrected chi connectivity index (χ0v) is 16.9. The van der Waals surface area contributed by atoms with Gasteiger partial charge in [0, 0.05) is 35.6 Å². The second-order valence-electron chi connectivity index (χ2n) is 7.97. The van der Waals surface area contributed by atoms with Crippen LogP contribution in [0.3, 0.4) is 0 Å². The minimum atomic E-state index is 0.0722. The van der Waals surface area contributed by atoms with E-state index in [1.807, 2.05) is 36.1 Å². The third-order valence-corrected chi connectivity index (χ3v) is 5.89. The largest absolute Gasteiger partial charge is 0.484 e. The Morgan fingerprint density at radius 3 is 2.43 bits per heavy atom. The number of carbonyl (C=O) groups is 1. The lowest BCUT2D eigenvalue weighted by Gasteiger charge is -2.32. The fraction of sp³-hybridized carbons (Fsp3) is 0.375. The number of benzene rings is 2. The van der Waals surface area contributed by atoms with Gasteiger partial charge in [0.15, 0.2) is 6.61 Å². The van der Waals surface area contributed by atoms with Gasteiger partial charge in [-0.3, -0.25) is 4.79 Å². The van der Waals surface area contributed by atoms with E-state index in [0.29, 0.717) is 5.92 Å². The predicted octanol–water partition coefficient (Wildman–Crippen LogP) is 4.88. The van der Waals surface area contributed by atoms with Crippen LogP contribution in [-0.4, -0.2) is 35.5 Å². The number of ether oxygens (including phenoxy) is 1. The predicted molar refractivity (Wildman–Crippen MR) is 113 cm³/mol. The van der Waals surface area contributed by atoms with Gasteiger partial charge in [-0.05, 0) is 63.4 Å². The molecule has 4 rings (SSSR count). The van der Waals surface area contributed by atoms with Gasteiger partial charge in [0.05, 0.1) is 0 Å². The number of aryl methyl sites for hydroxylation is 3. The Bertz CT molecular complexity index is 980. The van der Waals surface area contributed by atoms with E-state index in [2.05, 4.69) is 37.0 Å². The molecule has 1 N–H and O–H groups in total. The van der Waals surface area contributed by atoms with Crippen molar-refractivity contribution in [3.05, 3.63) is 64.8 Å². The van der Waals surface area contributed by atoms with Gasteiger partial charge in [-0.1, -0.05) is 29.3 Å². The first-order valence-corrected chi connectivity index (χ1v) is 10.1. The van der Waals surface area contributed by atoms with E-state index in [-0.39, 0.29) is 12.5 Å². The molecule has 1 fully saturated rings. The van der Waals surface area contributed by atoms with Crippen LogP contribution in [0.1, 0.15) is 41.1 Å². The number of H-pyrrole nitrogens is 1. The number of hydrogen-bond donors (Lipinski definition) is 1. The van der Waals surface area contributed by atoms with Crippen LogP contribution in [-0.2, 0) is 4.79 Å². The molecule has 1 aliphatic heterocycles. The van der Waals surface area contributed by atoms with Gasteiger partial charge in [0.25, 0.3) is 5.91 Å². The number of hydrogen-bond acceptors (Lipinski definition) is 2. The topological polar surface area (TPSA) is 45.3 Å². The molecule has 2 heterocycles. The lowest BCUT2D eigenvalue weighted by Crippen LogP contribution is -2.40. The average molecular weight is 377 g/mol. The normalized spacial score (nSPS) is 15.2. The molecule has 1 saturated heterocycles. The van der Waals surface area contributed by atoms with Gasteiger partial charge in [0.1, 0.15) is 5.75 Å². The van der Waals surface area contributed by atoms with Gasteiger partial charge in [-0.2, -0.15) is 0 Å². The molecule has 1 amide bonds. The Hall–Kier alpha value is -2.75. The fourth-order valence-electron chi connectivity index (χ4n) is 4.16. The third kappa shape index (κ3) is 3.77. The number of fused-ring (bicyclic) bond motifs is 1. The Balaban J connectivity index is 1.36. The number of aromatic amines is 1. The van der Waals surface area contributed by atoms with Crippen LogP contribution in [0.4, 0.5) is 0 Å². The number of likely N-dealkylation sites (tertiary alicyclic amines) is 1. The molecule has 28 heavy (non-hydrogen) atoms. The van der Waals surface area contributed by atoms with Gasteiger partial charge in [-0.15, -0.1) is 0 Å². The highest BCUT2D eigenvalue weighted by Gasteiger charge is 2.26. The first kappa shape index (κ1) is 18.6. The summed E-state index contributed by atoms with van der Waals surface area (Å²) in [5.41, 5.74) is 6.37. The van der Waals surface area contributed by atoms with Crippen LogP contribution in [0, 0.1) is 20.8 Å². The molecule has 1 aliphatic rings. The maximum atomic E-state index is 12.5. The number of nitrogens with zero attached hydrogens (tertiary/aromatic N) is 1. The lowest BCUT2D eigenvalue weighted by atomic mass is 9.91. The fourth-order valence-corrected chi connectivity index (χ4v) is 4.16. The van der Waals surface area contributed by atoms with Crippen LogP contribution >= 0.6 is 0 Å². The lowest BCUT2D eigenvalue weighted by molar-refractivity contribution is -0.134. The van der Waals surface area contributed by atoms with Crippen molar-refractivity contribution in [2.45, 2.75) is 39.5 Å². The molecule has 0 atom stereocenters. The molecule has 0 unspecified atom stereocenters. The molecule has 1 aromatic heterocycles. The average Bonchev–Trinajstić information content (AvgIpc) is 3.03. The summed E-state index contributed by atoms with van der Waals surface area (Å²) < 4.78 is 5.66. The van der Waals surface area contributed by atoms with Crippen molar-refractivity contribution < 1.29 is 9.53 Å². The standard InChI is InChI=1S/C24H28N2O2/c1-16-4-7-20(8-5-16)28-15-23(27)26-12-10-19(11-13-26)24-18(3)21-14-17(2)6-9-22(21)25-24/h4-9,14,19,25H,10-13,15H2,1-3H3. The molecule has 2 aromatic carbocycles. The van der Waals surface area contributed by atoms with Crippen molar-refractivity contribution in [2.75, 3.05) is 19.7 Å². The molecule has 0 aliphatic carbocycles. The quantitative estimate of drug-likeness (QED) is 0.705. The van der Waals surface area contributed by atoms with Crippen molar-refractivity contribution >= 4 is 16.8 Å². The van der Waals surface area contributed by atoms with Crippen LogP contribution in [0.2, 0.25) is 0 Å². The summed E-state index contributed by atoms with van der Waals surface area (Å²) in [6.45, 7) is 8.06. The molecule has 146 valence electrons.